The van der Waals surface area contributed by atoms with Crippen LogP contribution in [0.15, 0.2) is 47.3 Å². The number of furan rings is 1. The van der Waals surface area contributed by atoms with E-state index < -0.39 is 0 Å². The van der Waals surface area contributed by atoms with Gasteiger partial charge in [0.1, 0.15) is 6.26 Å². The van der Waals surface area contributed by atoms with Crippen LogP contribution >= 0.6 is 0 Å². The lowest BCUT2D eigenvalue weighted by Crippen LogP contribution is -2.51. The minimum Gasteiger partial charge on any atom is -0.472 e. The number of hydrogen-bond donors (Lipinski definition) is 1. The third-order valence-electron chi connectivity index (χ3n) is 5.15. The molecule has 0 saturated carbocycles. The molecule has 2 heterocycles. The summed E-state index contributed by atoms with van der Waals surface area (Å²) in [6.45, 7) is 6.54. The Hall–Kier alpha value is -3.09. The molecule has 0 unspecified atom stereocenters. The Morgan fingerprint density at radius 1 is 0.966 bits per heavy atom. The van der Waals surface area contributed by atoms with Crippen molar-refractivity contribution in [3.8, 4) is 0 Å². The molecule has 29 heavy (non-hydrogen) atoms. The van der Waals surface area contributed by atoms with E-state index in [9.17, 15) is 14.4 Å². The average molecular weight is 397 g/mol. The van der Waals surface area contributed by atoms with Gasteiger partial charge in [-0.05, 0) is 29.7 Å². The third kappa shape index (κ3) is 5.25. The lowest BCUT2D eigenvalue weighted by molar-refractivity contribution is -0.132. The summed E-state index contributed by atoms with van der Waals surface area (Å²) in [4.78, 5) is 40.4. The van der Waals surface area contributed by atoms with E-state index in [1.165, 1.54) is 18.1 Å². The van der Waals surface area contributed by atoms with Gasteiger partial charge >= 0.3 is 0 Å². The van der Waals surface area contributed by atoms with Crippen LogP contribution in [0.1, 0.15) is 52.5 Å². The number of carbonyl (C=O) groups is 3. The van der Waals surface area contributed by atoms with E-state index in [1.807, 2.05) is 24.3 Å². The molecular weight excluding hydrogens is 370 g/mol. The fourth-order valence-corrected chi connectivity index (χ4v) is 3.29. The molecule has 0 atom stereocenters. The molecule has 3 rings (SSSR count). The largest absolute Gasteiger partial charge is 0.472 e. The van der Waals surface area contributed by atoms with Crippen LogP contribution in [0.5, 0.6) is 0 Å². The van der Waals surface area contributed by atoms with E-state index in [2.05, 4.69) is 19.2 Å². The Morgan fingerprint density at radius 3 is 2.21 bits per heavy atom. The number of nitrogens with one attached hydrogen (secondary N) is 1. The van der Waals surface area contributed by atoms with Crippen molar-refractivity contribution in [2.75, 3.05) is 32.7 Å². The van der Waals surface area contributed by atoms with Crippen LogP contribution in [0.4, 0.5) is 0 Å². The zero-order valence-electron chi connectivity index (χ0n) is 16.9. The molecule has 2 aromatic rings. The minimum absolute atomic E-state index is 0.000203. The Kier molecular flexibility index (Phi) is 6.69. The average Bonchev–Trinajstić information content (AvgIpc) is 3.28. The Morgan fingerprint density at radius 2 is 1.62 bits per heavy atom. The van der Waals surface area contributed by atoms with Crippen molar-refractivity contribution in [3.63, 3.8) is 0 Å². The molecule has 1 N–H and O–H groups in total. The number of piperazine rings is 1. The summed E-state index contributed by atoms with van der Waals surface area (Å²) in [5.74, 6) is 0.147. The van der Waals surface area contributed by atoms with Gasteiger partial charge in [0.15, 0.2) is 0 Å². The molecule has 3 amide bonds. The predicted octanol–water partition coefficient (Wildman–Crippen LogP) is 2.51. The quantitative estimate of drug-likeness (QED) is 0.812. The fourth-order valence-electron chi connectivity index (χ4n) is 3.29. The maximum absolute atomic E-state index is 12.7. The molecule has 154 valence electrons. The van der Waals surface area contributed by atoms with Crippen LogP contribution in [0.2, 0.25) is 0 Å². The van der Waals surface area contributed by atoms with Crippen molar-refractivity contribution in [2.45, 2.75) is 26.2 Å². The Bertz CT molecular complexity index is 835. The van der Waals surface area contributed by atoms with Crippen LogP contribution in [0.3, 0.4) is 0 Å². The van der Waals surface area contributed by atoms with Crippen molar-refractivity contribution in [2.24, 2.45) is 0 Å². The first-order valence-electron chi connectivity index (χ1n) is 9.93. The zero-order valence-corrected chi connectivity index (χ0v) is 16.9. The second kappa shape index (κ2) is 9.41. The summed E-state index contributed by atoms with van der Waals surface area (Å²) in [7, 11) is 0. The summed E-state index contributed by atoms with van der Waals surface area (Å²) in [6.07, 6.45) is 3.03. The molecule has 1 saturated heterocycles. The highest BCUT2D eigenvalue weighted by atomic mass is 16.3. The lowest BCUT2D eigenvalue weighted by atomic mass is 10.0. The van der Waals surface area contributed by atoms with Gasteiger partial charge < -0.3 is 19.5 Å². The first-order valence-corrected chi connectivity index (χ1v) is 9.93. The van der Waals surface area contributed by atoms with Gasteiger partial charge in [0.2, 0.25) is 5.91 Å². The van der Waals surface area contributed by atoms with Crippen LogP contribution in [0, 0.1) is 0 Å². The first-order chi connectivity index (χ1) is 14.0. The SMILES string of the molecule is CC(C)c1ccc(C(=O)N2CCN(C(=O)CCNC(=O)c3ccoc3)CC2)cc1. The molecule has 0 bridgehead atoms. The van der Waals surface area contributed by atoms with Gasteiger partial charge in [0.25, 0.3) is 11.8 Å². The van der Waals surface area contributed by atoms with Crippen molar-refractivity contribution in [1.82, 2.24) is 15.1 Å². The number of carbonyl (C=O) groups excluding carboxylic acids is 3. The van der Waals surface area contributed by atoms with E-state index >= 15 is 0 Å². The van der Waals surface area contributed by atoms with Gasteiger partial charge in [-0.25, -0.2) is 0 Å². The first kappa shape index (κ1) is 20.6. The van der Waals surface area contributed by atoms with Gasteiger partial charge in [-0.3, -0.25) is 14.4 Å². The highest BCUT2D eigenvalue weighted by Crippen LogP contribution is 2.16. The Labute approximate surface area is 170 Å². The second-order valence-electron chi connectivity index (χ2n) is 7.47. The third-order valence-corrected chi connectivity index (χ3v) is 5.15. The molecule has 1 fully saturated rings. The lowest BCUT2D eigenvalue weighted by Gasteiger charge is -2.35. The molecule has 7 nitrogen and oxygen atoms in total. The van der Waals surface area contributed by atoms with E-state index in [0.717, 1.165) is 0 Å². The normalized spacial score (nSPS) is 14.2. The zero-order chi connectivity index (χ0) is 20.8. The maximum Gasteiger partial charge on any atom is 0.254 e. The highest BCUT2D eigenvalue weighted by Gasteiger charge is 2.24. The molecule has 0 spiro atoms. The molecule has 7 heteroatoms. The summed E-state index contributed by atoms with van der Waals surface area (Å²) >= 11 is 0. The van der Waals surface area contributed by atoms with Gasteiger partial charge in [-0.1, -0.05) is 26.0 Å². The van der Waals surface area contributed by atoms with Gasteiger partial charge in [0, 0.05) is 44.7 Å². The minimum atomic E-state index is -0.259. The van der Waals surface area contributed by atoms with E-state index in [1.54, 1.807) is 15.9 Å². The summed E-state index contributed by atoms with van der Waals surface area (Å²) < 4.78 is 4.87. The van der Waals surface area contributed by atoms with Crippen molar-refractivity contribution >= 4 is 17.7 Å². The second-order valence-corrected chi connectivity index (χ2v) is 7.47. The van der Waals surface area contributed by atoms with Crippen LogP contribution in [0.25, 0.3) is 0 Å². The summed E-state index contributed by atoms with van der Waals surface area (Å²) in [5.41, 5.74) is 2.32. The van der Waals surface area contributed by atoms with E-state index in [4.69, 9.17) is 4.42 Å². The molecule has 1 aromatic carbocycles. The van der Waals surface area contributed by atoms with Crippen molar-refractivity contribution < 1.29 is 18.8 Å². The summed E-state index contributed by atoms with van der Waals surface area (Å²) in [5, 5.41) is 2.70. The van der Waals surface area contributed by atoms with Crippen LogP contribution in [-0.4, -0.2) is 60.2 Å². The van der Waals surface area contributed by atoms with Crippen LogP contribution < -0.4 is 5.32 Å². The topological polar surface area (TPSA) is 82.9 Å². The van der Waals surface area contributed by atoms with Crippen molar-refractivity contribution in [3.05, 3.63) is 59.5 Å². The van der Waals surface area contributed by atoms with E-state index in [0.29, 0.717) is 43.2 Å². The van der Waals surface area contributed by atoms with Crippen molar-refractivity contribution in [1.29, 1.82) is 0 Å². The molecular formula is C22H27N3O4. The molecule has 1 aliphatic heterocycles. The summed E-state index contributed by atoms with van der Waals surface area (Å²) in [6, 6.07) is 9.31. The smallest absolute Gasteiger partial charge is 0.254 e. The number of rotatable bonds is 6. The molecule has 0 aliphatic carbocycles. The predicted molar refractivity (Wildman–Crippen MR) is 109 cm³/mol. The number of hydrogen-bond acceptors (Lipinski definition) is 4. The van der Waals surface area contributed by atoms with Gasteiger partial charge in [-0.15, -0.1) is 0 Å². The number of benzene rings is 1. The molecule has 1 aromatic heterocycles. The van der Waals surface area contributed by atoms with Gasteiger partial charge in [-0.2, -0.15) is 0 Å². The fraction of sp³-hybridized carbons (Fsp3) is 0.409. The number of nitrogens with zero attached hydrogens (tertiary/aromatic N) is 2. The standard InChI is InChI=1S/C22H27N3O4/c1-16(2)17-3-5-18(6-4-17)22(28)25-12-10-24(11-13-25)20(26)7-9-23-21(27)19-8-14-29-15-19/h3-6,8,14-16H,7,9-13H2,1-2H3,(H,23,27). The number of amides is 3. The van der Waals surface area contributed by atoms with E-state index in [-0.39, 0.29) is 30.7 Å². The van der Waals surface area contributed by atoms with Gasteiger partial charge in [0.05, 0.1) is 11.8 Å². The maximum atomic E-state index is 12.7. The Balaban J connectivity index is 1.42. The highest BCUT2D eigenvalue weighted by molar-refractivity contribution is 5.95. The molecule has 0 radical (unpaired) electrons. The van der Waals surface area contributed by atoms with Crippen LogP contribution in [-0.2, 0) is 4.79 Å². The monoisotopic (exact) mass is 397 g/mol. The molecule has 1 aliphatic rings.